The zero-order chi connectivity index (χ0) is 19.0. The normalized spacial score (nSPS) is 22.4. The first-order valence-electron chi connectivity index (χ1n) is 8.37. The van der Waals surface area contributed by atoms with Crippen LogP contribution >= 0.6 is 22.6 Å². The van der Waals surface area contributed by atoms with E-state index in [9.17, 15) is 10.2 Å². The van der Waals surface area contributed by atoms with E-state index < -0.39 is 18.4 Å². The first-order chi connectivity index (χ1) is 13.0. The maximum absolute atomic E-state index is 9.97. The molecule has 0 amide bonds. The van der Waals surface area contributed by atoms with Crippen LogP contribution in [0.15, 0.2) is 30.6 Å². The molecule has 27 heavy (non-hydrogen) atoms. The van der Waals surface area contributed by atoms with E-state index in [0.717, 1.165) is 9.13 Å². The van der Waals surface area contributed by atoms with Crippen molar-refractivity contribution in [3.63, 3.8) is 0 Å². The summed E-state index contributed by atoms with van der Waals surface area (Å²) in [7, 11) is 0. The molecule has 1 aliphatic heterocycles. The van der Waals surface area contributed by atoms with Gasteiger partial charge < -0.3 is 25.4 Å². The topological polar surface area (TPSA) is 129 Å². The highest BCUT2D eigenvalue weighted by Gasteiger charge is 2.35. The number of aromatic nitrogens is 4. The first-order valence-corrected chi connectivity index (χ1v) is 9.44. The van der Waals surface area contributed by atoms with Gasteiger partial charge in [-0.15, -0.1) is 0 Å². The van der Waals surface area contributed by atoms with Gasteiger partial charge in [-0.2, -0.15) is 9.97 Å². The quantitative estimate of drug-likeness (QED) is 0.463. The van der Waals surface area contributed by atoms with Crippen LogP contribution in [0.2, 0.25) is 0 Å². The highest BCUT2D eigenvalue weighted by Crippen LogP contribution is 2.32. The average molecular weight is 483 g/mol. The number of hydrogen-bond donors (Lipinski definition) is 3. The maximum atomic E-state index is 9.97. The van der Waals surface area contributed by atoms with Crippen LogP contribution in [0.3, 0.4) is 0 Å². The van der Waals surface area contributed by atoms with Gasteiger partial charge in [-0.25, -0.2) is 4.98 Å². The lowest BCUT2D eigenvalue weighted by Gasteiger charge is -2.14. The van der Waals surface area contributed by atoms with Gasteiger partial charge in [0, 0.05) is 9.99 Å². The second kappa shape index (κ2) is 7.54. The van der Waals surface area contributed by atoms with E-state index in [2.05, 4.69) is 37.5 Å². The Morgan fingerprint density at radius 1 is 1.37 bits per heavy atom. The number of benzene rings is 1. The summed E-state index contributed by atoms with van der Waals surface area (Å²) in [5.74, 6) is 0.339. The SMILES string of the molecule is Nc1nc(OCc2cccc(I)c2)c2ncn([C@H]3C[C@H](O)[C@@H](CO)O3)c2n1. The predicted molar refractivity (Wildman–Crippen MR) is 105 cm³/mol. The fourth-order valence-electron chi connectivity index (χ4n) is 3.05. The number of nitrogens with two attached hydrogens (primary N) is 1. The molecular weight excluding hydrogens is 465 g/mol. The maximum Gasteiger partial charge on any atom is 0.247 e. The minimum atomic E-state index is -0.757. The van der Waals surface area contributed by atoms with Crippen LogP contribution in [-0.2, 0) is 11.3 Å². The molecule has 3 heterocycles. The highest BCUT2D eigenvalue weighted by molar-refractivity contribution is 14.1. The Hall–Kier alpha value is -2.02. The van der Waals surface area contributed by atoms with Gasteiger partial charge in [-0.3, -0.25) is 4.57 Å². The van der Waals surface area contributed by atoms with Crippen molar-refractivity contribution >= 4 is 39.7 Å². The molecule has 9 nitrogen and oxygen atoms in total. The number of nitrogen functional groups attached to an aromatic ring is 1. The van der Waals surface area contributed by atoms with E-state index in [1.54, 1.807) is 10.9 Å². The molecule has 0 saturated carbocycles. The number of nitrogens with zero attached hydrogens (tertiary/aromatic N) is 4. The van der Waals surface area contributed by atoms with Gasteiger partial charge in [-0.05, 0) is 40.3 Å². The molecule has 0 spiro atoms. The summed E-state index contributed by atoms with van der Waals surface area (Å²) >= 11 is 2.24. The van der Waals surface area contributed by atoms with Crippen LogP contribution in [0.25, 0.3) is 11.2 Å². The van der Waals surface area contributed by atoms with Gasteiger partial charge >= 0.3 is 0 Å². The molecule has 1 fully saturated rings. The number of halogens is 1. The second-order valence-corrected chi connectivity index (χ2v) is 7.49. The molecule has 142 valence electrons. The van der Waals surface area contributed by atoms with Crippen molar-refractivity contribution in [1.29, 1.82) is 0 Å². The molecule has 1 saturated heterocycles. The van der Waals surface area contributed by atoms with Gasteiger partial charge in [0.05, 0.1) is 19.0 Å². The summed E-state index contributed by atoms with van der Waals surface area (Å²) in [4.78, 5) is 12.8. The standard InChI is InChI=1S/C17H18IN5O4/c18-10-3-1-2-9(4-10)7-26-16-14-15(21-17(19)22-16)23(8-20-14)13-5-11(25)12(6-24)27-13/h1-4,8,11-13,24-25H,5-7H2,(H2,19,21,22)/t11-,12+,13+/m0/s1. The van der Waals surface area contributed by atoms with Crippen LogP contribution in [-0.4, -0.2) is 48.5 Å². The summed E-state index contributed by atoms with van der Waals surface area (Å²) < 4.78 is 14.3. The zero-order valence-electron chi connectivity index (χ0n) is 14.2. The Balaban J connectivity index is 1.62. The lowest BCUT2D eigenvalue weighted by Crippen LogP contribution is -2.24. The van der Waals surface area contributed by atoms with Crippen LogP contribution < -0.4 is 10.5 Å². The predicted octanol–water partition coefficient (Wildman–Crippen LogP) is 1.23. The third-order valence-corrected chi connectivity index (χ3v) is 5.04. The lowest BCUT2D eigenvalue weighted by atomic mass is 10.2. The van der Waals surface area contributed by atoms with Gasteiger partial charge in [0.25, 0.3) is 0 Å². The molecule has 0 bridgehead atoms. The highest BCUT2D eigenvalue weighted by atomic mass is 127. The Morgan fingerprint density at radius 2 is 2.22 bits per heavy atom. The number of rotatable bonds is 5. The molecule has 2 aromatic heterocycles. The van der Waals surface area contributed by atoms with Crippen molar-refractivity contribution in [1.82, 2.24) is 19.5 Å². The fraction of sp³-hybridized carbons (Fsp3) is 0.353. The van der Waals surface area contributed by atoms with Gasteiger partial charge in [0.2, 0.25) is 11.8 Å². The third kappa shape index (κ3) is 3.70. The van der Waals surface area contributed by atoms with E-state index in [-0.39, 0.29) is 18.4 Å². The van der Waals surface area contributed by atoms with E-state index >= 15 is 0 Å². The molecule has 1 aromatic carbocycles. The first kappa shape index (κ1) is 18.3. The van der Waals surface area contributed by atoms with Crippen molar-refractivity contribution in [2.45, 2.75) is 31.5 Å². The summed E-state index contributed by atoms with van der Waals surface area (Å²) in [6.07, 6.45) is -0.0242. The van der Waals surface area contributed by atoms with Crippen molar-refractivity contribution in [3.8, 4) is 5.88 Å². The number of anilines is 1. The average Bonchev–Trinajstić information content (AvgIpc) is 3.22. The minimum Gasteiger partial charge on any atom is -0.471 e. The molecule has 4 rings (SSSR count). The van der Waals surface area contributed by atoms with Crippen molar-refractivity contribution in [3.05, 3.63) is 39.7 Å². The molecular formula is C17H18IN5O4. The summed E-state index contributed by atoms with van der Waals surface area (Å²) in [6, 6.07) is 7.94. The summed E-state index contributed by atoms with van der Waals surface area (Å²) in [6.45, 7) is 0.0616. The van der Waals surface area contributed by atoms with Gasteiger partial charge in [-0.1, -0.05) is 12.1 Å². The van der Waals surface area contributed by atoms with Crippen LogP contribution in [0.4, 0.5) is 5.95 Å². The molecule has 1 aliphatic rings. The number of imidazole rings is 1. The third-order valence-electron chi connectivity index (χ3n) is 4.37. The number of aliphatic hydroxyl groups is 2. The Morgan fingerprint density at radius 3 is 2.96 bits per heavy atom. The van der Waals surface area contributed by atoms with E-state index in [1.165, 1.54) is 0 Å². The van der Waals surface area contributed by atoms with Gasteiger partial charge in [0.15, 0.2) is 11.2 Å². The van der Waals surface area contributed by atoms with Crippen molar-refractivity contribution in [2.75, 3.05) is 12.3 Å². The number of aliphatic hydroxyl groups excluding tert-OH is 2. The smallest absolute Gasteiger partial charge is 0.247 e. The number of fused-ring (bicyclic) bond motifs is 1. The monoisotopic (exact) mass is 483 g/mol. The fourth-order valence-corrected chi connectivity index (χ4v) is 3.65. The molecule has 10 heteroatoms. The molecule has 3 aromatic rings. The van der Waals surface area contributed by atoms with E-state index in [4.69, 9.17) is 15.2 Å². The van der Waals surface area contributed by atoms with E-state index in [1.807, 2.05) is 24.3 Å². The Bertz CT molecular complexity index is 966. The molecule has 0 unspecified atom stereocenters. The minimum absolute atomic E-state index is 0.0548. The molecule has 4 N–H and O–H groups in total. The van der Waals surface area contributed by atoms with Crippen molar-refractivity contribution in [2.24, 2.45) is 0 Å². The Kier molecular flexibility index (Phi) is 5.12. The van der Waals surface area contributed by atoms with Crippen LogP contribution in [0, 0.1) is 3.57 Å². The Labute approximate surface area is 168 Å². The second-order valence-electron chi connectivity index (χ2n) is 6.24. The van der Waals surface area contributed by atoms with Crippen molar-refractivity contribution < 1.29 is 19.7 Å². The molecule has 0 aliphatic carbocycles. The number of ether oxygens (including phenoxy) is 2. The molecule has 0 radical (unpaired) electrons. The molecule has 3 atom stereocenters. The summed E-state index contributed by atoms with van der Waals surface area (Å²) in [5.41, 5.74) is 7.76. The summed E-state index contributed by atoms with van der Waals surface area (Å²) in [5, 5.41) is 19.2. The lowest BCUT2D eigenvalue weighted by molar-refractivity contribution is -0.0432. The number of hydrogen-bond acceptors (Lipinski definition) is 8. The van der Waals surface area contributed by atoms with E-state index in [0.29, 0.717) is 24.2 Å². The largest absolute Gasteiger partial charge is 0.471 e. The van der Waals surface area contributed by atoms with Crippen LogP contribution in [0.1, 0.15) is 18.2 Å². The van der Waals surface area contributed by atoms with Gasteiger partial charge in [0.1, 0.15) is 18.9 Å². The zero-order valence-corrected chi connectivity index (χ0v) is 16.4. The van der Waals surface area contributed by atoms with Crippen LogP contribution in [0.5, 0.6) is 5.88 Å².